The van der Waals surface area contributed by atoms with Gasteiger partial charge in [0.1, 0.15) is 5.69 Å². The number of carbonyl (C=O) groups excluding carboxylic acids is 1. The fourth-order valence-corrected chi connectivity index (χ4v) is 3.20. The largest absolute Gasteiger partial charge is 0.348 e. The minimum absolute atomic E-state index is 0.118. The first kappa shape index (κ1) is 16.4. The van der Waals surface area contributed by atoms with Gasteiger partial charge in [-0.2, -0.15) is 5.10 Å². The van der Waals surface area contributed by atoms with Gasteiger partial charge in [0.25, 0.3) is 5.91 Å². The van der Waals surface area contributed by atoms with Crippen LogP contribution >= 0.6 is 0 Å². The van der Waals surface area contributed by atoms with Crippen molar-refractivity contribution in [2.75, 3.05) is 0 Å². The van der Waals surface area contributed by atoms with Crippen molar-refractivity contribution in [1.29, 1.82) is 0 Å². The van der Waals surface area contributed by atoms with Gasteiger partial charge < -0.3 is 5.32 Å². The zero-order valence-corrected chi connectivity index (χ0v) is 14.5. The molecule has 0 bridgehead atoms. The molecule has 4 rings (SSSR count). The van der Waals surface area contributed by atoms with E-state index in [1.54, 1.807) is 16.9 Å². The van der Waals surface area contributed by atoms with E-state index >= 15 is 0 Å². The summed E-state index contributed by atoms with van der Waals surface area (Å²) in [4.78, 5) is 13.8. The van der Waals surface area contributed by atoms with Crippen LogP contribution in [0.25, 0.3) is 11.4 Å². The molecule has 1 aliphatic rings. The molecule has 8 nitrogen and oxygen atoms in total. The van der Waals surface area contributed by atoms with Crippen LogP contribution in [-0.2, 0) is 6.67 Å². The molecular formula is C18H21N7O. The molecule has 2 aromatic heterocycles. The van der Waals surface area contributed by atoms with Crippen LogP contribution in [0.15, 0.2) is 42.6 Å². The first-order chi connectivity index (χ1) is 12.8. The number of hydrogen-bond acceptors (Lipinski definition) is 5. The van der Waals surface area contributed by atoms with E-state index in [9.17, 15) is 4.79 Å². The topological polar surface area (TPSA) is 90.5 Å². The number of nitrogens with zero attached hydrogens (tertiary/aromatic N) is 6. The summed E-state index contributed by atoms with van der Waals surface area (Å²) in [6.07, 6.45) is 7.48. The maximum Gasteiger partial charge on any atom is 0.271 e. The molecule has 0 aliphatic heterocycles. The van der Waals surface area contributed by atoms with Crippen LogP contribution in [0.1, 0.15) is 42.6 Å². The summed E-state index contributed by atoms with van der Waals surface area (Å²) < 4.78 is 1.63. The van der Waals surface area contributed by atoms with Gasteiger partial charge in [0.2, 0.25) is 5.82 Å². The molecule has 0 atom stereocenters. The normalized spacial score (nSPS) is 15.1. The lowest BCUT2D eigenvalue weighted by Gasteiger charge is -2.22. The summed E-state index contributed by atoms with van der Waals surface area (Å²) in [6, 6.07) is 11.7. The van der Waals surface area contributed by atoms with Gasteiger partial charge in [0.05, 0.1) is 0 Å². The van der Waals surface area contributed by atoms with Crippen molar-refractivity contribution in [1.82, 2.24) is 35.3 Å². The highest BCUT2D eigenvalue weighted by Crippen LogP contribution is 2.17. The summed E-state index contributed by atoms with van der Waals surface area (Å²) in [7, 11) is 0. The molecule has 1 aliphatic carbocycles. The number of carbonyl (C=O) groups is 1. The molecule has 1 fully saturated rings. The molecular weight excluding hydrogens is 330 g/mol. The molecule has 2 heterocycles. The number of rotatable bonds is 5. The second-order valence-electron chi connectivity index (χ2n) is 6.54. The fraction of sp³-hybridized carbons (Fsp3) is 0.389. The van der Waals surface area contributed by atoms with Gasteiger partial charge >= 0.3 is 0 Å². The Morgan fingerprint density at radius 1 is 1.08 bits per heavy atom. The molecule has 8 heteroatoms. The summed E-state index contributed by atoms with van der Waals surface area (Å²) in [5.74, 6) is 0.445. The fourth-order valence-electron chi connectivity index (χ4n) is 3.20. The zero-order valence-electron chi connectivity index (χ0n) is 14.5. The van der Waals surface area contributed by atoms with E-state index in [1.165, 1.54) is 24.1 Å². The predicted molar refractivity (Wildman–Crippen MR) is 95.2 cm³/mol. The summed E-state index contributed by atoms with van der Waals surface area (Å²) in [6.45, 7) is 0.302. The molecule has 0 radical (unpaired) electrons. The Balaban J connectivity index is 1.39. The van der Waals surface area contributed by atoms with Crippen molar-refractivity contribution in [3.8, 4) is 11.4 Å². The lowest BCUT2D eigenvalue weighted by atomic mass is 9.95. The van der Waals surface area contributed by atoms with Gasteiger partial charge in [-0.3, -0.25) is 4.79 Å². The molecule has 3 aromatic rings. The quantitative estimate of drug-likeness (QED) is 0.760. The number of tetrazole rings is 1. The average Bonchev–Trinajstić information content (AvgIpc) is 3.33. The maximum absolute atomic E-state index is 12.3. The van der Waals surface area contributed by atoms with E-state index in [4.69, 9.17) is 0 Å². The van der Waals surface area contributed by atoms with Crippen LogP contribution < -0.4 is 5.32 Å². The van der Waals surface area contributed by atoms with Crippen molar-refractivity contribution in [3.63, 3.8) is 0 Å². The van der Waals surface area contributed by atoms with E-state index < -0.39 is 0 Å². The van der Waals surface area contributed by atoms with Crippen molar-refractivity contribution in [2.24, 2.45) is 0 Å². The number of hydrogen-bond donors (Lipinski definition) is 1. The highest BCUT2D eigenvalue weighted by Gasteiger charge is 2.18. The standard InChI is InChI=1S/C18H21N7O/c26-18(19-15-9-5-2-6-10-15)16-11-12-24(21-16)13-25-22-17(20-23-25)14-7-3-1-4-8-14/h1,3-4,7-8,11-12,15H,2,5-6,9-10,13H2,(H,19,26). The Morgan fingerprint density at radius 3 is 2.69 bits per heavy atom. The Bertz CT molecular complexity index is 865. The summed E-state index contributed by atoms with van der Waals surface area (Å²) in [5, 5.41) is 19.9. The Hall–Kier alpha value is -3.03. The van der Waals surface area contributed by atoms with Gasteiger partial charge in [-0.15, -0.1) is 15.0 Å². The molecule has 0 unspecified atom stereocenters. The van der Waals surface area contributed by atoms with Crippen LogP contribution in [-0.4, -0.2) is 41.9 Å². The van der Waals surface area contributed by atoms with Crippen LogP contribution in [0.2, 0.25) is 0 Å². The Morgan fingerprint density at radius 2 is 1.88 bits per heavy atom. The van der Waals surface area contributed by atoms with E-state index in [1.807, 2.05) is 30.3 Å². The molecule has 0 spiro atoms. The van der Waals surface area contributed by atoms with Gasteiger partial charge in [-0.1, -0.05) is 49.6 Å². The SMILES string of the molecule is O=C(NC1CCCCC1)c1ccn(Cn2nnc(-c3ccccc3)n2)n1. The number of aromatic nitrogens is 6. The van der Waals surface area contributed by atoms with Gasteiger partial charge in [0.15, 0.2) is 6.67 Å². The monoisotopic (exact) mass is 351 g/mol. The minimum atomic E-state index is -0.118. The van der Waals surface area contributed by atoms with Crippen LogP contribution in [0, 0.1) is 0 Å². The van der Waals surface area contributed by atoms with Gasteiger partial charge in [-0.25, -0.2) is 4.68 Å². The summed E-state index contributed by atoms with van der Waals surface area (Å²) >= 11 is 0. The van der Waals surface area contributed by atoms with Crippen molar-refractivity contribution < 1.29 is 4.79 Å². The minimum Gasteiger partial charge on any atom is -0.348 e. The van der Waals surface area contributed by atoms with Crippen LogP contribution in [0.4, 0.5) is 0 Å². The van der Waals surface area contributed by atoms with Gasteiger partial charge in [0, 0.05) is 17.8 Å². The number of nitrogens with one attached hydrogen (secondary N) is 1. The van der Waals surface area contributed by atoms with Crippen LogP contribution in [0.3, 0.4) is 0 Å². The lowest BCUT2D eigenvalue weighted by molar-refractivity contribution is 0.0921. The van der Waals surface area contributed by atoms with E-state index in [0.29, 0.717) is 18.2 Å². The molecule has 1 aromatic carbocycles. The smallest absolute Gasteiger partial charge is 0.271 e. The molecule has 26 heavy (non-hydrogen) atoms. The molecule has 1 amide bonds. The van der Waals surface area contributed by atoms with E-state index in [0.717, 1.165) is 18.4 Å². The average molecular weight is 351 g/mol. The third-order valence-corrected chi connectivity index (χ3v) is 4.57. The van der Waals surface area contributed by atoms with Crippen molar-refractivity contribution in [2.45, 2.75) is 44.8 Å². The lowest BCUT2D eigenvalue weighted by Crippen LogP contribution is -2.36. The third kappa shape index (κ3) is 3.79. The Kier molecular flexibility index (Phi) is 4.72. The molecule has 0 saturated heterocycles. The molecule has 1 saturated carbocycles. The highest BCUT2D eigenvalue weighted by molar-refractivity contribution is 5.92. The van der Waals surface area contributed by atoms with Crippen molar-refractivity contribution in [3.05, 3.63) is 48.3 Å². The van der Waals surface area contributed by atoms with Crippen molar-refractivity contribution >= 4 is 5.91 Å². The molecule has 134 valence electrons. The third-order valence-electron chi connectivity index (χ3n) is 4.57. The van der Waals surface area contributed by atoms with E-state index in [-0.39, 0.29) is 11.9 Å². The first-order valence-corrected chi connectivity index (χ1v) is 8.95. The zero-order chi connectivity index (χ0) is 17.8. The predicted octanol–water partition coefficient (Wildman–Crippen LogP) is 2.10. The number of amides is 1. The summed E-state index contributed by atoms with van der Waals surface area (Å²) in [5.41, 5.74) is 1.32. The highest BCUT2D eigenvalue weighted by atomic mass is 16.2. The van der Waals surface area contributed by atoms with Crippen LogP contribution in [0.5, 0.6) is 0 Å². The maximum atomic E-state index is 12.3. The molecule has 1 N–H and O–H groups in total. The van der Waals surface area contributed by atoms with Gasteiger partial charge in [-0.05, 0) is 24.1 Å². The Labute approximate surface area is 151 Å². The number of benzene rings is 1. The first-order valence-electron chi connectivity index (χ1n) is 8.95. The van der Waals surface area contributed by atoms with E-state index in [2.05, 4.69) is 25.8 Å². The second kappa shape index (κ2) is 7.47. The second-order valence-corrected chi connectivity index (χ2v) is 6.54.